The van der Waals surface area contributed by atoms with Crippen molar-refractivity contribution >= 4 is 18.6 Å². The summed E-state index contributed by atoms with van der Waals surface area (Å²) in [6.45, 7) is 1.52. The minimum atomic E-state index is 0.0171. The molecule has 0 aliphatic carbocycles. The molecule has 0 fully saturated rings. The van der Waals surface area contributed by atoms with Crippen molar-refractivity contribution in [3.8, 4) is 17.5 Å². The summed E-state index contributed by atoms with van der Waals surface area (Å²) in [6, 6.07) is 8.98. The molecule has 17 heavy (non-hydrogen) atoms. The highest BCUT2D eigenvalue weighted by molar-refractivity contribution is 7.78. The van der Waals surface area contributed by atoms with Gasteiger partial charge in [-0.25, -0.2) is 4.98 Å². The van der Waals surface area contributed by atoms with Crippen LogP contribution in [0.2, 0.25) is 0 Å². The Balaban J connectivity index is 2.43. The second-order valence-electron chi connectivity index (χ2n) is 3.54. The fraction of sp³-hybridized carbons (Fsp3) is 0.0833. The first-order chi connectivity index (χ1) is 8.11. The minimum absolute atomic E-state index is 0.0171. The number of Topliss-reactive ketones (excluding diaryl/α,β-unsaturated/α-hetero) is 1. The molecule has 5 heteroatoms. The van der Waals surface area contributed by atoms with Gasteiger partial charge in [-0.15, -0.1) is 0 Å². The number of hydrogen-bond donors (Lipinski definition) is 1. The van der Waals surface area contributed by atoms with Gasteiger partial charge in [0.15, 0.2) is 17.3 Å². The van der Waals surface area contributed by atoms with Gasteiger partial charge in [-0.1, -0.05) is 37.1 Å². The molecule has 84 valence electrons. The lowest BCUT2D eigenvalue weighted by atomic mass is 10.1. The zero-order valence-corrected chi connectivity index (χ0v) is 9.98. The van der Waals surface area contributed by atoms with E-state index in [0.29, 0.717) is 17.1 Å². The van der Waals surface area contributed by atoms with E-state index in [0.717, 1.165) is 5.56 Å². The van der Waals surface area contributed by atoms with E-state index in [2.05, 4.69) is 17.8 Å². The van der Waals surface area contributed by atoms with Crippen LogP contribution in [0.3, 0.4) is 0 Å². The number of thiol groups is 1. The van der Waals surface area contributed by atoms with Crippen LogP contribution in [0, 0.1) is 11.3 Å². The fourth-order valence-corrected chi connectivity index (χ4v) is 1.75. The van der Waals surface area contributed by atoms with Gasteiger partial charge in [0.05, 0.1) is 6.20 Å². The van der Waals surface area contributed by atoms with Gasteiger partial charge in [0, 0.05) is 11.1 Å². The third-order valence-corrected chi connectivity index (χ3v) is 2.66. The van der Waals surface area contributed by atoms with Crippen LogP contribution in [-0.2, 0) is 0 Å². The Morgan fingerprint density at radius 2 is 2.06 bits per heavy atom. The third kappa shape index (κ3) is 2.22. The molecule has 0 aliphatic heterocycles. The van der Waals surface area contributed by atoms with E-state index in [1.807, 2.05) is 6.07 Å². The van der Waals surface area contributed by atoms with Crippen LogP contribution >= 0.6 is 12.8 Å². The quantitative estimate of drug-likeness (QED) is 0.650. The van der Waals surface area contributed by atoms with Crippen LogP contribution in [0.4, 0.5) is 0 Å². The highest BCUT2D eigenvalue weighted by atomic mass is 32.1. The number of nitrogens with zero attached hydrogens (tertiary/aromatic N) is 3. The lowest BCUT2D eigenvalue weighted by Crippen LogP contribution is -1.92. The molecule has 0 spiro atoms. The van der Waals surface area contributed by atoms with Crippen LogP contribution in [0.1, 0.15) is 23.0 Å². The topological polar surface area (TPSA) is 58.7 Å². The first-order valence-corrected chi connectivity index (χ1v) is 5.32. The number of ketones is 1. The Bertz CT molecular complexity index is 608. The van der Waals surface area contributed by atoms with Crippen molar-refractivity contribution in [2.24, 2.45) is 0 Å². The van der Waals surface area contributed by atoms with Crippen LogP contribution in [0.5, 0.6) is 0 Å². The van der Waals surface area contributed by atoms with E-state index in [1.165, 1.54) is 17.1 Å². The number of hydrogen-bond acceptors (Lipinski definition) is 4. The lowest BCUT2D eigenvalue weighted by Gasteiger charge is -2.01. The molecule has 1 aromatic carbocycles. The van der Waals surface area contributed by atoms with Gasteiger partial charge in [-0.3, -0.25) is 8.77 Å². The van der Waals surface area contributed by atoms with Crippen molar-refractivity contribution in [1.82, 2.24) is 8.96 Å². The number of imidazole rings is 1. The molecule has 0 atom stereocenters. The van der Waals surface area contributed by atoms with E-state index in [9.17, 15) is 4.79 Å². The van der Waals surface area contributed by atoms with Crippen molar-refractivity contribution < 1.29 is 4.79 Å². The van der Waals surface area contributed by atoms with Gasteiger partial charge in [0.1, 0.15) is 6.07 Å². The van der Waals surface area contributed by atoms with Crippen LogP contribution < -0.4 is 0 Å². The largest absolute Gasteiger partial charge is 0.295 e. The van der Waals surface area contributed by atoms with E-state index in [1.54, 1.807) is 24.3 Å². The van der Waals surface area contributed by atoms with E-state index < -0.39 is 0 Å². The summed E-state index contributed by atoms with van der Waals surface area (Å²) in [5.74, 6) is 0.600. The average Bonchev–Trinajstić information content (AvgIpc) is 2.71. The second kappa shape index (κ2) is 4.44. The Labute approximate surface area is 104 Å². The number of nitriles is 1. The average molecular weight is 243 g/mol. The summed E-state index contributed by atoms with van der Waals surface area (Å²) in [4.78, 5) is 15.2. The molecule has 1 aromatic heterocycles. The predicted octanol–water partition coefficient (Wildman–Crippen LogP) is 2.32. The Morgan fingerprint density at radius 1 is 1.41 bits per heavy atom. The molecule has 1 heterocycles. The Hall–Kier alpha value is -2.06. The fourth-order valence-electron chi connectivity index (χ4n) is 1.48. The molecule has 2 aromatic rings. The van der Waals surface area contributed by atoms with Crippen molar-refractivity contribution in [2.75, 3.05) is 0 Å². The van der Waals surface area contributed by atoms with Crippen molar-refractivity contribution in [1.29, 1.82) is 5.26 Å². The highest BCUT2D eigenvalue weighted by Crippen LogP contribution is 2.20. The Kier molecular flexibility index (Phi) is 2.98. The highest BCUT2D eigenvalue weighted by Gasteiger charge is 2.08. The summed E-state index contributed by atoms with van der Waals surface area (Å²) in [6.07, 6.45) is 1.54. The normalized spacial score (nSPS) is 9.94. The molecular weight excluding hydrogens is 234 g/mol. The summed E-state index contributed by atoms with van der Waals surface area (Å²) >= 11 is 4.19. The van der Waals surface area contributed by atoms with Gasteiger partial charge >= 0.3 is 0 Å². The number of benzene rings is 1. The predicted molar refractivity (Wildman–Crippen MR) is 66.8 cm³/mol. The Morgan fingerprint density at radius 3 is 2.53 bits per heavy atom. The molecule has 0 bridgehead atoms. The van der Waals surface area contributed by atoms with Gasteiger partial charge in [-0.05, 0) is 6.92 Å². The molecular formula is C12H9N3OS. The van der Waals surface area contributed by atoms with Gasteiger partial charge in [0.2, 0.25) is 0 Å². The standard InChI is InChI=1S/C12H9N3OS/c1-8(16)9-2-4-10(5-3-9)12-14-11(6-13)7-15(12)17/h2-5,7,17H,1H3. The summed E-state index contributed by atoms with van der Waals surface area (Å²) in [5, 5.41) is 8.73. The minimum Gasteiger partial charge on any atom is -0.295 e. The molecule has 0 unspecified atom stereocenters. The maximum atomic E-state index is 11.1. The molecule has 4 nitrogen and oxygen atoms in total. The molecule has 0 saturated heterocycles. The summed E-state index contributed by atoms with van der Waals surface area (Å²) < 4.78 is 1.49. The van der Waals surface area contributed by atoms with Crippen LogP contribution in [-0.4, -0.2) is 14.7 Å². The van der Waals surface area contributed by atoms with E-state index >= 15 is 0 Å². The molecule has 0 amide bonds. The van der Waals surface area contributed by atoms with Gasteiger partial charge in [0.25, 0.3) is 0 Å². The summed E-state index contributed by atoms with van der Waals surface area (Å²) in [5.41, 5.74) is 1.77. The first kappa shape index (κ1) is 11.4. The zero-order chi connectivity index (χ0) is 12.4. The smallest absolute Gasteiger partial charge is 0.160 e. The van der Waals surface area contributed by atoms with E-state index in [-0.39, 0.29) is 5.78 Å². The number of carbonyl (C=O) groups excluding carboxylic acids is 1. The zero-order valence-electron chi connectivity index (χ0n) is 9.08. The van der Waals surface area contributed by atoms with E-state index in [4.69, 9.17) is 5.26 Å². The van der Waals surface area contributed by atoms with Gasteiger partial charge in [-0.2, -0.15) is 5.26 Å². The lowest BCUT2D eigenvalue weighted by molar-refractivity contribution is 0.101. The van der Waals surface area contributed by atoms with Crippen LogP contribution in [0.25, 0.3) is 11.4 Å². The number of carbonyl (C=O) groups is 1. The van der Waals surface area contributed by atoms with Crippen molar-refractivity contribution in [2.45, 2.75) is 6.92 Å². The van der Waals surface area contributed by atoms with Crippen molar-refractivity contribution in [3.63, 3.8) is 0 Å². The molecule has 2 rings (SSSR count). The summed E-state index contributed by atoms with van der Waals surface area (Å²) in [7, 11) is 0. The maximum Gasteiger partial charge on any atom is 0.160 e. The van der Waals surface area contributed by atoms with Gasteiger partial charge < -0.3 is 0 Å². The second-order valence-corrected chi connectivity index (χ2v) is 3.97. The number of aromatic nitrogens is 2. The maximum absolute atomic E-state index is 11.1. The monoisotopic (exact) mass is 243 g/mol. The van der Waals surface area contributed by atoms with Crippen molar-refractivity contribution in [3.05, 3.63) is 41.7 Å². The molecule has 0 radical (unpaired) electrons. The van der Waals surface area contributed by atoms with Crippen LogP contribution in [0.15, 0.2) is 30.5 Å². The third-order valence-electron chi connectivity index (χ3n) is 2.35. The first-order valence-electron chi connectivity index (χ1n) is 4.92. The molecule has 0 aliphatic rings. The number of rotatable bonds is 2. The molecule has 0 N–H and O–H groups in total. The SMILES string of the molecule is CC(=O)c1ccc(-c2nc(C#N)cn2S)cc1. The molecule has 0 saturated carbocycles.